The van der Waals surface area contributed by atoms with E-state index in [2.05, 4.69) is 15.0 Å². The van der Waals surface area contributed by atoms with E-state index in [4.69, 9.17) is 10.8 Å². The normalized spacial score (nSPS) is 12.1. The lowest BCUT2D eigenvalue weighted by molar-refractivity contribution is -0.137. The van der Waals surface area contributed by atoms with Crippen LogP contribution in [0.1, 0.15) is 12.8 Å². The molecule has 0 spiro atoms. The molecule has 0 saturated heterocycles. The number of carbonyl (C=O) groups excluding carboxylic acids is 1. The third-order valence-electron chi connectivity index (χ3n) is 1.70. The van der Waals surface area contributed by atoms with Gasteiger partial charge in [0.15, 0.2) is 5.82 Å². The Kier molecular flexibility index (Phi) is 3.81. The number of aliphatic carboxylic acids is 1. The molecule has 1 heterocycles. The number of amides is 1. The first kappa shape index (κ1) is 11.2. The van der Waals surface area contributed by atoms with Crippen molar-refractivity contribution in [2.75, 3.05) is 5.32 Å². The van der Waals surface area contributed by atoms with E-state index in [0.717, 1.165) is 0 Å². The van der Waals surface area contributed by atoms with Gasteiger partial charge in [0.05, 0.1) is 6.04 Å². The van der Waals surface area contributed by atoms with Gasteiger partial charge in [-0.15, -0.1) is 0 Å². The summed E-state index contributed by atoms with van der Waals surface area (Å²) in [5, 5.41) is 14.2. The zero-order valence-corrected chi connectivity index (χ0v) is 7.84. The fourth-order valence-electron chi connectivity index (χ4n) is 0.906. The highest BCUT2D eigenvalue weighted by Gasteiger charge is 2.15. The number of carboxylic acid groups (broad SMARTS) is 1. The number of rotatable bonds is 5. The van der Waals surface area contributed by atoms with E-state index in [1.54, 1.807) is 0 Å². The van der Waals surface area contributed by atoms with Crippen LogP contribution in [0.15, 0.2) is 16.9 Å². The van der Waals surface area contributed by atoms with Crippen molar-refractivity contribution in [1.29, 1.82) is 0 Å². The maximum Gasteiger partial charge on any atom is 0.303 e. The smallest absolute Gasteiger partial charge is 0.303 e. The lowest BCUT2D eigenvalue weighted by atomic mass is 10.1. The van der Waals surface area contributed by atoms with Crippen LogP contribution >= 0.6 is 0 Å². The maximum atomic E-state index is 11.3. The van der Waals surface area contributed by atoms with Gasteiger partial charge < -0.3 is 20.7 Å². The van der Waals surface area contributed by atoms with Gasteiger partial charge in [0.1, 0.15) is 6.26 Å². The second kappa shape index (κ2) is 5.11. The Morgan fingerprint density at radius 3 is 2.93 bits per heavy atom. The molecule has 0 fully saturated rings. The van der Waals surface area contributed by atoms with E-state index in [0.29, 0.717) is 0 Å². The predicted molar refractivity (Wildman–Crippen MR) is 50.0 cm³/mol. The molecule has 1 rings (SSSR count). The molecular weight excluding hydrogens is 202 g/mol. The van der Waals surface area contributed by atoms with Crippen LogP contribution in [0.3, 0.4) is 0 Å². The zero-order valence-electron chi connectivity index (χ0n) is 7.84. The van der Waals surface area contributed by atoms with Crippen LogP contribution in [0, 0.1) is 0 Å². The quantitative estimate of drug-likeness (QED) is 0.623. The lowest BCUT2D eigenvalue weighted by Gasteiger charge is -2.08. The van der Waals surface area contributed by atoms with E-state index in [9.17, 15) is 9.59 Å². The van der Waals surface area contributed by atoms with Gasteiger partial charge in [-0.25, -0.2) is 0 Å². The minimum atomic E-state index is -0.986. The third kappa shape index (κ3) is 3.77. The van der Waals surface area contributed by atoms with Crippen molar-refractivity contribution >= 4 is 17.7 Å². The van der Waals surface area contributed by atoms with Crippen molar-refractivity contribution < 1.29 is 19.2 Å². The topological polar surface area (TPSA) is 118 Å². The summed E-state index contributed by atoms with van der Waals surface area (Å²) < 4.78 is 4.49. The van der Waals surface area contributed by atoms with Crippen molar-refractivity contribution in [3.05, 3.63) is 12.3 Å². The molecule has 1 unspecified atom stereocenters. The minimum Gasteiger partial charge on any atom is -0.481 e. The van der Waals surface area contributed by atoms with Gasteiger partial charge >= 0.3 is 5.97 Å². The number of hydrogen-bond donors (Lipinski definition) is 3. The first-order valence-corrected chi connectivity index (χ1v) is 4.28. The van der Waals surface area contributed by atoms with Gasteiger partial charge in [-0.2, -0.15) is 0 Å². The fourth-order valence-corrected chi connectivity index (χ4v) is 0.906. The van der Waals surface area contributed by atoms with Gasteiger partial charge in [0.2, 0.25) is 5.91 Å². The largest absolute Gasteiger partial charge is 0.481 e. The van der Waals surface area contributed by atoms with Crippen LogP contribution in [-0.4, -0.2) is 28.2 Å². The molecule has 0 aliphatic heterocycles. The summed E-state index contributed by atoms with van der Waals surface area (Å²) in [6, 6.07) is 0.597. The molecule has 82 valence electrons. The number of anilines is 1. The van der Waals surface area contributed by atoms with E-state index in [1.807, 2.05) is 0 Å². The van der Waals surface area contributed by atoms with Crippen LogP contribution < -0.4 is 11.1 Å². The number of aromatic nitrogens is 1. The average molecular weight is 213 g/mol. The van der Waals surface area contributed by atoms with Crippen molar-refractivity contribution in [2.24, 2.45) is 5.73 Å². The molecule has 1 aromatic heterocycles. The minimum absolute atomic E-state index is 0.0824. The number of nitrogens with one attached hydrogen (secondary N) is 1. The van der Waals surface area contributed by atoms with Gasteiger partial charge in [-0.3, -0.25) is 9.59 Å². The number of hydrogen-bond acceptors (Lipinski definition) is 5. The van der Waals surface area contributed by atoms with Gasteiger partial charge in [0.25, 0.3) is 0 Å². The third-order valence-corrected chi connectivity index (χ3v) is 1.70. The van der Waals surface area contributed by atoms with Crippen LogP contribution in [0.25, 0.3) is 0 Å². The van der Waals surface area contributed by atoms with Crippen molar-refractivity contribution in [3.63, 3.8) is 0 Å². The molecule has 0 radical (unpaired) electrons. The zero-order chi connectivity index (χ0) is 11.3. The Hall–Kier alpha value is -1.89. The summed E-state index contributed by atoms with van der Waals surface area (Å²) >= 11 is 0. The van der Waals surface area contributed by atoms with E-state index in [-0.39, 0.29) is 18.7 Å². The molecular formula is C8H11N3O4. The first-order chi connectivity index (χ1) is 7.09. The molecule has 1 atom stereocenters. The molecule has 0 aromatic carbocycles. The molecule has 0 bridgehead atoms. The highest BCUT2D eigenvalue weighted by Crippen LogP contribution is 2.03. The van der Waals surface area contributed by atoms with Crippen LogP contribution in [0.5, 0.6) is 0 Å². The van der Waals surface area contributed by atoms with Crippen molar-refractivity contribution in [2.45, 2.75) is 18.9 Å². The van der Waals surface area contributed by atoms with Crippen LogP contribution in [0.4, 0.5) is 5.82 Å². The molecule has 7 heteroatoms. The Balaban J connectivity index is 2.36. The summed E-state index contributed by atoms with van der Waals surface area (Å²) in [6.07, 6.45) is 1.24. The Bertz CT molecular complexity index is 336. The Morgan fingerprint density at radius 1 is 1.67 bits per heavy atom. The number of carbonyl (C=O) groups is 2. The molecule has 0 saturated carbocycles. The highest BCUT2D eigenvalue weighted by molar-refractivity contribution is 5.93. The fraction of sp³-hybridized carbons (Fsp3) is 0.375. The van der Waals surface area contributed by atoms with Crippen molar-refractivity contribution in [1.82, 2.24) is 5.16 Å². The monoisotopic (exact) mass is 213 g/mol. The summed E-state index contributed by atoms with van der Waals surface area (Å²) in [7, 11) is 0. The van der Waals surface area contributed by atoms with Gasteiger partial charge in [-0.05, 0) is 6.42 Å². The lowest BCUT2D eigenvalue weighted by Crippen LogP contribution is -2.36. The summed E-state index contributed by atoms with van der Waals surface area (Å²) in [4.78, 5) is 21.5. The molecule has 0 aliphatic carbocycles. The molecule has 0 aliphatic rings. The molecule has 7 nitrogen and oxygen atoms in total. The highest BCUT2D eigenvalue weighted by atomic mass is 16.5. The first-order valence-electron chi connectivity index (χ1n) is 4.28. The summed E-state index contributed by atoms with van der Waals surface area (Å²) in [6.45, 7) is 0. The molecule has 15 heavy (non-hydrogen) atoms. The molecule has 1 amide bonds. The van der Waals surface area contributed by atoms with Crippen LogP contribution in [0.2, 0.25) is 0 Å². The van der Waals surface area contributed by atoms with Crippen molar-refractivity contribution in [3.8, 4) is 0 Å². The van der Waals surface area contributed by atoms with Crippen LogP contribution in [-0.2, 0) is 9.59 Å². The van der Waals surface area contributed by atoms with E-state index in [1.165, 1.54) is 12.3 Å². The van der Waals surface area contributed by atoms with E-state index < -0.39 is 17.9 Å². The SMILES string of the molecule is NC(CCC(=O)O)C(=O)Nc1ccon1. The number of carboxylic acids is 1. The van der Waals surface area contributed by atoms with Gasteiger partial charge in [0, 0.05) is 12.5 Å². The van der Waals surface area contributed by atoms with Gasteiger partial charge in [-0.1, -0.05) is 5.16 Å². The second-order valence-corrected chi connectivity index (χ2v) is 2.91. The molecule has 1 aromatic rings. The predicted octanol–water partition coefficient (Wildman–Crippen LogP) is -0.195. The average Bonchev–Trinajstić information content (AvgIpc) is 2.66. The maximum absolute atomic E-state index is 11.3. The standard InChI is InChI=1S/C8H11N3O4/c9-5(1-2-7(12)13)8(14)10-6-3-4-15-11-6/h3-5H,1-2,9H2,(H,12,13)(H,10,11,14). The Morgan fingerprint density at radius 2 is 2.40 bits per heavy atom. The second-order valence-electron chi connectivity index (χ2n) is 2.91. The Labute approximate surface area is 85.2 Å². The summed E-state index contributed by atoms with van der Waals surface area (Å²) in [5.41, 5.74) is 5.45. The van der Waals surface area contributed by atoms with E-state index >= 15 is 0 Å². The number of nitrogens with two attached hydrogens (primary N) is 1. The molecule has 4 N–H and O–H groups in total. The summed E-state index contributed by atoms with van der Waals surface area (Å²) in [5.74, 6) is -1.21. The number of nitrogens with zero attached hydrogens (tertiary/aromatic N) is 1.